The van der Waals surface area contributed by atoms with Gasteiger partial charge in [-0.1, -0.05) is 35.5 Å². The van der Waals surface area contributed by atoms with Crippen molar-refractivity contribution in [2.45, 2.75) is 33.4 Å². The summed E-state index contributed by atoms with van der Waals surface area (Å²) in [7, 11) is 0. The van der Waals surface area contributed by atoms with Gasteiger partial charge in [0, 0.05) is 23.8 Å². The molecular formula is C18H22N6O. The van der Waals surface area contributed by atoms with E-state index in [1.54, 1.807) is 10.9 Å². The van der Waals surface area contributed by atoms with E-state index in [1.807, 2.05) is 62.0 Å². The molecular weight excluding hydrogens is 316 g/mol. The third kappa shape index (κ3) is 3.76. The van der Waals surface area contributed by atoms with E-state index in [-0.39, 0.29) is 11.9 Å². The Kier molecular flexibility index (Phi) is 4.92. The maximum atomic E-state index is 12.3. The lowest BCUT2D eigenvalue weighted by molar-refractivity contribution is 0.0951. The molecule has 1 amide bonds. The van der Waals surface area contributed by atoms with E-state index in [0.717, 1.165) is 17.0 Å². The molecule has 0 spiro atoms. The van der Waals surface area contributed by atoms with Gasteiger partial charge in [0.2, 0.25) is 0 Å². The van der Waals surface area contributed by atoms with Gasteiger partial charge in [0.25, 0.3) is 5.91 Å². The average molecular weight is 338 g/mol. The number of nitrogens with zero attached hydrogens (tertiary/aromatic N) is 5. The zero-order valence-corrected chi connectivity index (χ0v) is 14.7. The van der Waals surface area contributed by atoms with Gasteiger partial charge in [0.1, 0.15) is 5.69 Å². The Labute approximate surface area is 146 Å². The Hall–Kier alpha value is -2.96. The summed E-state index contributed by atoms with van der Waals surface area (Å²) in [6.45, 7) is 7.02. The Balaban J connectivity index is 1.57. The number of aromatic nitrogens is 5. The third-order valence-corrected chi connectivity index (χ3v) is 4.01. The fourth-order valence-corrected chi connectivity index (χ4v) is 2.70. The molecule has 2 aromatic heterocycles. The van der Waals surface area contributed by atoms with Crippen molar-refractivity contribution in [2.24, 2.45) is 0 Å². The summed E-state index contributed by atoms with van der Waals surface area (Å²) in [5, 5.41) is 15.4. The Bertz CT molecular complexity index is 850. The Morgan fingerprint density at radius 2 is 2.00 bits per heavy atom. The summed E-state index contributed by atoms with van der Waals surface area (Å²) in [5.74, 6) is -0.118. The topological polar surface area (TPSA) is 77.6 Å². The van der Waals surface area contributed by atoms with E-state index in [1.165, 1.54) is 0 Å². The summed E-state index contributed by atoms with van der Waals surface area (Å²) < 4.78 is 3.57. The van der Waals surface area contributed by atoms with E-state index >= 15 is 0 Å². The van der Waals surface area contributed by atoms with E-state index in [0.29, 0.717) is 18.7 Å². The van der Waals surface area contributed by atoms with E-state index in [2.05, 4.69) is 20.7 Å². The first-order valence-corrected chi connectivity index (χ1v) is 8.34. The Morgan fingerprint density at radius 1 is 1.24 bits per heavy atom. The fourth-order valence-electron chi connectivity index (χ4n) is 2.70. The molecule has 1 aromatic carbocycles. The lowest BCUT2D eigenvalue weighted by Gasteiger charge is -2.09. The summed E-state index contributed by atoms with van der Waals surface area (Å²) in [5.41, 5.74) is 3.33. The second-order valence-electron chi connectivity index (χ2n) is 6.17. The van der Waals surface area contributed by atoms with Crippen molar-refractivity contribution >= 4 is 5.91 Å². The van der Waals surface area contributed by atoms with Crippen molar-refractivity contribution in [3.63, 3.8) is 0 Å². The molecule has 0 atom stereocenters. The number of carbonyl (C=O) groups is 1. The molecule has 0 saturated carbocycles. The number of rotatable bonds is 6. The van der Waals surface area contributed by atoms with Crippen LogP contribution >= 0.6 is 0 Å². The minimum Gasteiger partial charge on any atom is -0.350 e. The summed E-state index contributed by atoms with van der Waals surface area (Å²) >= 11 is 0. The molecule has 130 valence electrons. The maximum absolute atomic E-state index is 12.3. The van der Waals surface area contributed by atoms with Gasteiger partial charge < -0.3 is 5.32 Å². The molecule has 0 saturated heterocycles. The molecule has 0 aliphatic rings. The van der Waals surface area contributed by atoms with Crippen LogP contribution in [-0.4, -0.2) is 37.2 Å². The van der Waals surface area contributed by atoms with Gasteiger partial charge in [-0.05, 0) is 20.8 Å². The molecule has 1 N–H and O–H groups in total. The molecule has 0 fully saturated rings. The lowest BCUT2D eigenvalue weighted by atomic mass is 10.2. The van der Waals surface area contributed by atoms with E-state index in [4.69, 9.17) is 0 Å². The van der Waals surface area contributed by atoms with Crippen LogP contribution in [0.2, 0.25) is 0 Å². The predicted molar refractivity (Wildman–Crippen MR) is 95.1 cm³/mol. The fraction of sp³-hybridized carbons (Fsp3) is 0.333. The van der Waals surface area contributed by atoms with Crippen LogP contribution in [-0.2, 0) is 6.54 Å². The molecule has 25 heavy (non-hydrogen) atoms. The third-order valence-electron chi connectivity index (χ3n) is 4.01. The van der Waals surface area contributed by atoms with Gasteiger partial charge in [0.15, 0.2) is 0 Å². The molecule has 0 aliphatic carbocycles. The second kappa shape index (κ2) is 7.29. The van der Waals surface area contributed by atoms with Gasteiger partial charge >= 0.3 is 0 Å². The average Bonchev–Trinajstić information content (AvgIpc) is 3.22. The summed E-state index contributed by atoms with van der Waals surface area (Å²) in [6.07, 6.45) is 3.50. The van der Waals surface area contributed by atoms with Gasteiger partial charge in [-0.3, -0.25) is 14.2 Å². The van der Waals surface area contributed by atoms with Crippen LogP contribution in [0, 0.1) is 6.92 Å². The first-order valence-electron chi connectivity index (χ1n) is 8.34. The van der Waals surface area contributed by atoms with Crippen molar-refractivity contribution in [3.05, 3.63) is 54.0 Å². The minimum atomic E-state index is -0.118. The summed E-state index contributed by atoms with van der Waals surface area (Å²) in [4.78, 5) is 12.3. The highest BCUT2D eigenvalue weighted by Crippen LogP contribution is 2.15. The zero-order valence-electron chi connectivity index (χ0n) is 14.7. The van der Waals surface area contributed by atoms with Crippen LogP contribution in [0.4, 0.5) is 0 Å². The molecule has 2 heterocycles. The van der Waals surface area contributed by atoms with Crippen LogP contribution in [0.15, 0.2) is 42.7 Å². The van der Waals surface area contributed by atoms with E-state index < -0.39 is 0 Å². The summed E-state index contributed by atoms with van der Waals surface area (Å²) in [6, 6.07) is 10.1. The van der Waals surface area contributed by atoms with Crippen molar-refractivity contribution in [2.75, 3.05) is 6.54 Å². The SMILES string of the molecule is Cc1c(C(=O)NCCn2cc(-c3ccccc3)nn2)cnn1C(C)C. The van der Waals surface area contributed by atoms with Crippen molar-refractivity contribution in [3.8, 4) is 11.3 Å². The van der Waals surface area contributed by atoms with Crippen molar-refractivity contribution < 1.29 is 4.79 Å². The van der Waals surface area contributed by atoms with Crippen LogP contribution in [0.25, 0.3) is 11.3 Å². The van der Waals surface area contributed by atoms with Crippen LogP contribution in [0.5, 0.6) is 0 Å². The maximum Gasteiger partial charge on any atom is 0.254 e. The predicted octanol–water partition coefficient (Wildman–Crippen LogP) is 2.46. The smallest absolute Gasteiger partial charge is 0.254 e. The number of benzene rings is 1. The Morgan fingerprint density at radius 3 is 2.68 bits per heavy atom. The first-order chi connectivity index (χ1) is 12.1. The van der Waals surface area contributed by atoms with Crippen molar-refractivity contribution in [1.29, 1.82) is 0 Å². The molecule has 7 heteroatoms. The van der Waals surface area contributed by atoms with Gasteiger partial charge in [-0.25, -0.2) is 0 Å². The number of hydrogen-bond acceptors (Lipinski definition) is 4. The van der Waals surface area contributed by atoms with Crippen LogP contribution in [0.1, 0.15) is 35.9 Å². The highest BCUT2D eigenvalue weighted by atomic mass is 16.1. The molecule has 3 aromatic rings. The molecule has 0 radical (unpaired) electrons. The normalized spacial score (nSPS) is 11.0. The molecule has 0 unspecified atom stereocenters. The van der Waals surface area contributed by atoms with Gasteiger partial charge in [-0.15, -0.1) is 5.10 Å². The molecule has 3 rings (SSSR count). The van der Waals surface area contributed by atoms with Crippen LogP contribution < -0.4 is 5.32 Å². The van der Waals surface area contributed by atoms with Crippen LogP contribution in [0.3, 0.4) is 0 Å². The molecule has 0 bridgehead atoms. The lowest BCUT2D eigenvalue weighted by Crippen LogP contribution is -2.27. The molecule has 0 aliphatic heterocycles. The highest BCUT2D eigenvalue weighted by Gasteiger charge is 2.15. The number of hydrogen-bond donors (Lipinski definition) is 1. The van der Waals surface area contributed by atoms with Gasteiger partial charge in [0.05, 0.1) is 24.5 Å². The van der Waals surface area contributed by atoms with E-state index in [9.17, 15) is 4.79 Å². The second-order valence-corrected chi connectivity index (χ2v) is 6.17. The highest BCUT2D eigenvalue weighted by molar-refractivity contribution is 5.95. The molecule has 7 nitrogen and oxygen atoms in total. The van der Waals surface area contributed by atoms with Crippen molar-refractivity contribution in [1.82, 2.24) is 30.1 Å². The standard InChI is InChI=1S/C18H22N6O/c1-13(2)24-14(3)16(11-20-24)18(25)19-9-10-23-12-17(21-22-23)15-7-5-4-6-8-15/h4-8,11-13H,9-10H2,1-3H3,(H,19,25). The number of nitrogens with one attached hydrogen (secondary N) is 1. The monoisotopic (exact) mass is 338 g/mol. The largest absolute Gasteiger partial charge is 0.350 e. The number of carbonyl (C=O) groups excluding carboxylic acids is 1. The minimum absolute atomic E-state index is 0.118. The van der Waals surface area contributed by atoms with Gasteiger partial charge in [-0.2, -0.15) is 5.10 Å². The first kappa shape index (κ1) is 16.9. The number of amides is 1. The quantitative estimate of drug-likeness (QED) is 0.749. The zero-order chi connectivity index (χ0) is 17.8.